The van der Waals surface area contributed by atoms with Crippen molar-refractivity contribution in [2.24, 2.45) is 5.73 Å². The van der Waals surface area contributed by atoms with Crippen LogP contribution in [0.25, 0.3) is 0 Å². The summed E-state index contributed by atoms with van der Waals surface area (Å²) in [6.45, 7) is 2.01. The first-order chi connectivity index (χ1) is 11.0. The van der Waals surface area contributed by atoms with Crippen molar-refractivity contribution in [2.75, 3.05) is 0 Å². The summed E-state index contributed by atoms with van der Waals surface area (Å²) in [6.07, 6.45) is 0.354. The highest BCUT2D eigenvalue weighted by molar-refractivity contribution is 6.30. The molecule has 4 heteroatoms. The van der Waals surface area contributed by atoms with Crippen molar-refractivity contribution in [2.45, 2.75) is 24.9 Å². The van der Waals surface area contributed by atoms with Gasteiger partial charge in [0.15, 0.2) is 0 Å². The normalized spacial score (nSPS) is 23.8. The van der Waals surface area contributed by atoms with Gasteiger partial charge in [0.2, 0.25) is 0 Å². The Morgan fingerprint density at radius 2 is 1.78 bits per heavy atom. The van der Waals surface area contributed by atoms with Crippen molar-refractivity contribution in [3.8, 4) is 6.07 Å². The molecule has 3 N–H and O–H groups in total. The molecule has 116 valence electrons. The number of nitrogens with zero attached hydrogens (tertiary/aromatic N) is 1. The Morgan fingerprint density at radius 3 is 2.35 bits per heavy atom. The molecule has 0 heterocycles. The topological polar surface area (TPSA) is 70.0 Å². The molecule has 0 aromatic heterocycles. The summed E-state index contributed by atoms with van der Waals surface area (Å²) in [5.41, 5.74) is 8.28. The monoisotopic (exact) mass is 324 g/mol. The van der Waals surface area contributed by atoms with E-state index in [0.717, 1.165) is 11.1 Å². The Hall–Kier alpha value is -2.28. The number of benzene rings is 2. The van der Waals surface area contributed by atoms with Crippen molar-refractivity contribution < 1.29 is 5.11 Å². The van der Waals surface area contributed by atoms with Crippen LogP contribution in [-0.2, 0) is 5.60 Å². The molecule has 1 aliphatic rings. The second kappa shape index (κ2) is 5.73. The number of aliphatic hydroxyl groups is 1. The maximum Gasteiger partial charge on any atom is 0.131 e. The Balaban J connectivity index is 2.06. The maximum absolute atomic E-state index is 11.1. The van der Waals surface area contributed by atoms with Crippen LogP contribution in [0.3, 0.4) is 0 Å². The van der Waals surface area contributed by atoms with Crippen LogP contribution in [0.5, 0.6) is 0 Å². The minimum atomic E-state index is -1.34. The van der Waals surface area contributed by atoms with Crippen LogP contribution in [0.2, 0.25) is 5.02 Å². The fraction of sp³-hybridized carbons (Fsp3) is 0.211. The van der Waals surface area contributed by atoms with E-state index in [1.165, 1.54) is 0 Å². The number of aryl methyl sites for hydroxylation is 1. The van der Waals surface area contributed by atoms with E-state index in [1.807, 2.05) is 31.2 Å². The fourth-order valence-corrected chi connectivity index (χ4v) is 3.26. The highest BCUT2D eigenvalue weighted by Crippen LogP contribution is 2.48. The summed E-state index contributed by atoms with van der Waals surface area (Å²) in [5.74, 6) is -0.207. The van der Waals surface area contributed by atoms with Gasteiger partial charge in [0.25, 0.3) is 0 Å². The van der Waals surface area contributed by atoms with E-state index in [1.54, 1.807) is 24.3 Å². The lowest BCUT2D eigenvalue weighted by molar-refractivity contribution is 0.0724. The molecule has 3 rings (SSSR count). The summed E-state index contributed by atoms with van der Waals surface area (Å²) in [6, 6.07) is 17.1. The van der Waals surface area contributed by atoms with E-state index in [0.29, 0.717) is 22.6 Å². The quantitative estimate of drug-likeness (QED) is 0.883. The van der Waals surface area contributed by atoms with Gasteiger partial charge < -0.3 is 10.8 Å². The summed E-state index contributed by atoms with van der Waals surface area (Å²) < 4.78 is 0. The number of hydrogen-bond acceptors (Lipinski definition) is 3. The van der Waals surface area contributed by atoms with Gasteiger partial charge in [-0.2, -0.15) is 5.26 Å². The molecule has 0 saturated carbocycles. The fourth-order valence-electron chi connectivity index (χ4n) is 3.14. The second-order valence-corrected chi connectivity index (χ2v) is 6.41. The molecular formula is C19H17ClN2O. The second-order valence-electron chi connectivity index (χ2n) is 5.97. The third-order valence-corrected chi connectivity index (χ3v) is 4.76. The maximum atomic E-state index is 11.1. The number of allylic oxidation sites excluding steroid dienone is 1. The van der Waals surface area contributed by atoms with Gasteiger partial charge in [-0.25, -0.2) is 0 Å². The Bertz CT molecular complexity index is 803. The van der Waals surface area contributed by atoms with E-state index in [2.05, 4.69) is 6.07 Å². The molecule has 0 radical (unpaired) electrons. The van der Waals surface area contributed by atoms with Crippen LogP contribution in [0, 0.1) is 18.3 Å². The molecule has 3 nitrogen and oxygen atoms in total. The van der Waals surface area contributed by atoms with Crippen molar-refractivity contribution in [1.29, 1.82) is 5.26 Å². The van der Waals surface area contributed by atoms with Gasteiger partial charge in [0.05, 0.1) is 17.3 Å². The average molecular weight is 325 g/mol. The zero-order valence-corrected chi connectivity index (χ0v) is 13.5. The Morgan fingerprint density at radius 1 is 1.17 bits per heavy atom. The SMILES string of the molecule is Cc1ccc([C@H]2C[C@](O)(c3ccc(Cl)cc3)C(N)=C2C#N)cc1. The number of nitriles is 1. The van der Waals surface area contributed by atoms with Gasteiger partial charge in [-0.15, -0.1) is 0 Å². The van der Waals surface area contributed by atoms with E-state index >= 15 is 0 Å². The van der Waals surface area contributed by atoms with Gasteiger partial charge in [-0.05, 0) is 36.6 Å². The first-order valence-corrected chi connectivity index (χ1v) is 7.78. The lowest BCUT2D eigenvalue weighted by Gasteiger charge is -2.25. The lowest BCUT2D eigenvalue weighted by Crippen LogP contribution is -2.30. The molecule has 2 atom stereocenters. The molecule has 0 amide bonds. The molecule has 1 aliphatic carbocycles. The zero-order valence-electron chi connectivity index (χ0n) is 12.8. The van der Waals surface area contributed by atoms with Crippen LogP contribution >= 0.6 is 11.6 Å². The number of nitrogens with two attached hydrogens (primary N) is 1. The smallest absolute Gasteiger partial charge is 0.131 e. The minimum Gasteiger partial charge on any atom is -0.399 e. The molecule has 0 unspecified atom stereocenters. The van der Waals surface area contributed by atoms with Crippen LogP contribution in [0.4, 0.5) is 0 Å². The first kappa shape index (κ1) is 15.6. The van der Waals surface area contributed by atoms with Gasteiger partial charge in [-0.3, -0.25) is 0 Å². The molecule has 23 heavy (non-hydrogen) atoms. The first-order valence-electron chi connectivity index (χ1n) is 7.41. The Labute approximate surface area is 140 Å². The molecule has 0 spiro atoms. The predicted molar refractivity (Wildman–Crippen MR) is 90.7 cm³/mol. The van der Waals surface area contributed by atoms with Gasteiger partial charge >= 0.3 is 0 Å². The molecule has 0 fully saturated rings. The van der Waals surface area contributed by atoms with Crippen LogP contribution < -0.4 is 5.73 Å². The highest BCUT2D eigenvalue weighted by Gasteiger charge is 2.45. The van der Waals surface area contributed by atoms with Crippen molar-refractivity contribution in [3.63, 3.8) is 0 Å². The minimum absolute atomic E-state index is 0.207. The lowest BCUT2D eigenvalue weighted by atomic mass is 9.86. The predicted octanol–water partition coefficient (Wildman–Crippen LogP) is 3.76. The summed E-state index contributed by atoms with van der Waals surface area (Å²) in [7, 11) is 0. The summed E-state index contributed by atoms with van der Waals surface area (Å²) >= 11 is 5.92. The molecular weight excluding hydrogens is 308 g/mol. The molecule has 0 aliphatic heterocycles. The van der Waals surface area contributed by atoms with E-state index in [-0.39, 0.29) is 11.6 Å². The number of halogens is 1. The van der Waals surface area contributed by atoms with E-state index in [4.69, 9.17) is 17.3 Å². The molecule has 0 bridgehead atoms. The standard InChI is InChI=1S/C19H17ClN2O/c1-12-2-4-13(5-3-12)16-10-19(23,18(22)17(16)11-21)14-6-8-15(20)9-7-14/h2-9,16,23H,10,22H2,1H3/t16-,19+/m1/s1. The van der Waals surface area contributed by atoms with E-state index < -0.39 is 5.60 Å². The van der Waals surface area contributed by atoms with Crippen molar-refractivity contribution >= 4 is 11.6 Å². The van der Waals surface area contributed by atoms with Crippen LogP contribution in [0.15, 0.2) is 59.8 Å². The van der Waals surface area contributed by atoms with Gasteiger partial charge in [0.1, 0.15) is 5.60 Å². The van der Waals surface area contributed by atoms with Crippen LogP contribution in [-0.4, -0.2) is 5.11 Å². The molecule has 2 aromatic rings. The van der Waals surface area contributed by atoms with Crippen LogP contribution in [0.1, 0.15) is 29.0 Å². The Kier molecular flexibility index (Phi) is 3.89. The summed E-state index contributed by atoms with van der Waals surface area (Å²) in [4.78, 5) is 0. The van der Waals surface area contributed by atoms with Gasteiger partial charge in [0, 0.05) is 10.9 Å². The number of rotatable bonds is 2. The zero-order chi connectivity index (χ0) is 16.6. The summed E-state index contributed by atoms with van der Waals surface area (Å²) in [5, 5.41) is 21.2. The largest absolute Gasteiger partial charge is 0.399 e. The van der Waals surface area contributed by atoms with E-state index in [9.17, 15) is 10.4 Å². The molecule has 2 aromatic carbocycles. The average Bonchev–Trinajstić information content (AvgIpc) is 2.81. The highest BCUT2D eigenvalue weighted by atomic mass is 35.5. The number of hydrogen-bond donors (Lipinski definition) is 2. The van der Waals surface area contributed by atoms with Crippen molar-refractivity contribution in [1.82, 2.24) is 0 Å². The third kappa shape index (κ3) is 2.61. The van der Waals surface area contributed by atoms with Crippen molar-refractivity contribution in [3.05, 3.63) is 81.5 Å². The van der Waals surface area contributed by atoms with Gasteiger partial charge in [-0.1, -0.05) is 53.6 Å². The third-order valence-electron chi connectivity index (χ3n) is 4.51. The molecule has 0 saturated heterocycles.